The maximum Gasteiger partial charge on any atom is 0.306 e. The molecule has 0 bridgehead atoms. The smallest absolute Gasteiger partial charge is 0.306 e. The van der Waals surface area contributed by atoms with Crippen LogP contribution >= 0.6 is 0 Å². The van der Waals surface area contributed by atoms with Crippen molar-refractivity contribution in [1.82, 2.24) is 14.5 Å². The Hall–Kier alpha value is -4.08. The average Bonchev–Trinajstić information content (AvgIpc) is 3.36. The van der Waals surface area contributed by atoms with Crippen LogP contribution in [0.4, 0.5) is 11.5 Å². The number of methoxy groups -OCH3 is 1. The van der Waals surface area contributed by atoms with Gasteiger partial charge in [-0.25, -0.2) is 4.98 Å². The lowest BCUT2D eigenvalue weighted by atomic mass is 9.81. The van der Waals surface area contributed by atoms with Gasteiger partial charge in [0.05, 0.1) is 30.4 Å². The molecule has 3 aromatic rings. The number of anilines is 2. The third-order valence-corrected chi connectivity index (χ3v) is 8.02. The van der Waals surface area contributed by atoms with Gasteiger partial charge in [-0.1, -0.05) is 6.07 Å². The van der Waals surface area contributed by atoms with Gasteiger partial charge >= 0.3 is 5.97 Å². The molecule has 1 saturated heterocycles. The Morgan fingerprint density at radius 2 is 1.74 bits per heavy atom. The van der Waals surface area contributed by atoms with E-state index in [-0.39, 0.29) is 23.7 Å². The summed E-state index contributed by atoms with van der Waals surface area (Å²) in [6.45, 7) is 5.23. The Kier molecular flexibility index (Phi) is 7.72. The zero-order valence-electron chi connectivity index (χ0n) is 22.4. The van der Waals surface area contributed by atoms with Gasteiger partial charge in [-0.3, -0.25) is 14.4 Å². The number of carbonyl (C=O) groups excluding carboxylic acids is 2. The molecule has 10 heteroatoms. The van der Waals surface area contributed by atoms with E-state index in [0.717, 1.165) is 22.5 Å². The summed E-state index contributed by atoms with van der Waals surface area (Å²) in [5, 5.41) is 13.0. The van der Waals surface area contributed by atoms with E-state index in [1.54, 1.807) is 13.3 Å². The SMILES string of the molecule is CCn1c(C(=O)Nc2ccc(N3CCN(C(=O)[C@H]4CC[C@@H](C(=O)O)CC4)CC3)nc2)cc2c(OC)cccc21. The Balaban J connectivity index is 1.17. The van der Waals surface area contributed by atoms with Crippen LogP contribution in [0.1, 0.15) is 43.1 Å². The molecule has 0 radical (unpaired) electrons. The van der Waals surface area contributed by atoms with Gasteiger partial charge in [0.15, 0.2) is 0 Å². The van der Waals surface area contributed by atoms with Crippen molar-refractivity contribution < 1.29 is 24.2 Å². The molecule has 0 atom stereocenters. The number of amides is 2. The van der Waals surface area contributed by atoms with Crippen molar-refractivity contribution in [3.05, 3.63) is 48.3 Å². The Labute approximate surface area is 227 Å². The third-order valence-electron chi connectivity index (χ3n) is 8.02. The number of fused-ring (bicyclic) bond motifs is 1. The van der Waals surface area contributed by atoms with Crippen LogP contribution in [0.3, 0.4) is 0 Å². The summed E-state index contributed by atoms with van der Waals surface area (Å²) in [4.78, 5) is 45.9. The normalized spacial score (nSPS) is 19.6. The number of piperazine rings is 1. The molecule has 5 rings (SSSR count). The number of aromatic nitrogens is 2. The van der Waals surface area contributed by atoms with Crippen molar-refractivity contribution in [3.63, 3.8) is 0 Å². The van der Waals surface area contributed by atoms with Gasteiger partial charge in [-0.2, -0.15) is 0 Å². The van der Waals surface area contributed by atoms with Crippen molar-refractivity contribution in [2.24, 2.45) is 11.8 Å². The van der Waals surface area contributed by atoms with Crippen molar-refractivity contribution in [2.45, 2.75) is 39.2 Å². The lowest BCUT2D eigenvalue weighted by Crippen LogP contribution is -2.51. The van der Waals surface area contributed by atoms with E-state index in [1.165, 1.54) is 0 Å². The molecule has 1 aliphatic heterocycles. The minimum atomic E-state index is -0.752. The number of hydrogen-bond acceptors (Lipinski definition) is 6. The van der Waals surface area contributed by atoms with E-state index in [1.807, 2.05) is 52.8 Å². The molecule has 2 aliphatic rings. The minimum absolute atomic E-state index is 0.0688. The van der Waals surface area contributed by atoms with E-state index >= 15 is 0 Å². The van der Waals surface area contributed by atoms with E-state index in [9.17, 15) is 19.5 Å². The molecule has 2 amide bonds. The molecule has 2 aromatic heterocycles. The van der Waals surface area contributed by atoms with Crippen LogP contribution in [0.25, 0.3) is 10.9 Å². The highest BCUT2D eigenvalue weighted by Crippen LogP contribution is 2.31. The number of benzene rings is 1. The predicted molar refractivity (Wildman–Crippen MR) is 148 cm³/mol. The van der Waals surface area contributed by atoms with Crippen LogP contribution in [0.5, 0.6) is 5.75 Å². The van der Waals surface area contributed by atoms with Crippen molar-refractivity contribution in [3.8, 4) is 5.75 Å². The fourth-order valence-corrected chi connectivity index (χ4v) is 5.81. The summed E-state index contributed by atoms with van der Waals surface area (Å²) in [5.74, 6) is 0.324. The Bertz CT molecular complexity index is 1350. The zero-order valence-corrected chi connectivity index (χ0v) is 22.4. The number of carbonyl (C=O) groups is 3. The van der Waals surface area contributed by atoms with Crippen LogP contribution < -0.4 is 15.0 Å². The highest BCUT2D eigenvalue weighted by Gasteiger charge is 2.33. The van der Waals surface area contributed by atoms with Gasteiger partial charge in [-0.05, 0) is 62.9 Å². The number of nitrogens with one attached hydrogen (secondary N) is 1. The molecule has 39 heavy (non-hydrogen) atoms. The molecule has 206 valence electrons. The van der Waals surface area contributed by atoms with E-state index < -0.39 is 5.97 Å². The summed E-state index contributed by atoms with van der Waals surface area (Å²) in [6.07, 6.45) is 4.11. The Morgan fingerprint density at radius 3 is 2.36 bits per heavy atom. The standard InChI is InChI=1S/C29H35N5O5/c1-3-34-23-5-4-6-25(39-2)22(23)17-24(34)27(35)31-21-11-12-26(30-18-21)32-13-15-33(16-14-32)28(36)19-7-9-20(10-8-19)29(37)38/h4-6,11-12,17-20H,3,7-10,13-16H2,1-2H3,(H,31,35)(H,37,38)/t19-,20+. The fraction of sp³-hybridized carbons (Fsp3) is 0.448. The molecule has 0 unspecified atom stereocenters. The van der Waals surface area contributed by atoms with E-state index in [0.29, 0.717) is 69.8 Å². The van der Waals surface area contributed by atoms with Gasteiger partial charge in [0.25, 0.3) is 5.91 Å². The van der Waals surface area contributed by atoms with Crippen molar-refractivity contribution >= 4 is 40.2 Å². The summed E-state index contributed by atoms with van der Waals surface area (Å²) in [6, 6.07) is 11.4. The lowest BCUT2D eigenvalue weighted by molar-refractivity contribution is -0.145. The molecule has 3 heterocycles. The van der Waals surface area contributed by atoms with E-state index in [2.05, 4.69) is 15.2 Å². The molecule has 10 nitrogen and oxygen atoms in total. The monoisotopic (exact) mass is 533 g/mol. The lowest BCUT2D eigenvalue weighted by Gasteiger charge is -2.38. The second kappa shape index (κ2) is 11.3. The number of rotatable bonds is 7. The maximum atomic E-state index is 13.2. The number of hydrogen-bond donors (Lipinski definition) is 2. The average molecular weight is 534 g/mol. The molecular weight excluding hydrogens is 498 g/mol. The van der Waals surface area contributed by atoms with Crippen LogP contribution in [-0.2, 0) is 16.1 Å². The number of nitrogens with zero attached hydrogens (tertiary/aromatic N) is 4. The van der Waals surface area contributed by atoms with Crippen LogP contribution in [-0.4, -0.2) is 70.6 Å². The second-order valence-corrected chi connectivity index (χ2v) is 10.2. The second-order valence-electron chi connectivity index (χ2n) is 10.2. The summed E-state index contributed by atoms with van der Waals surface area (Å²) in [7, 11) is 1.62. The summed E-state index contributed by atoms with van der Waals surface area (Å²) in [5.41, 5.74) is 2.11. The van der Waals surface area contributed by atoms with Crippen molar-refractivity contribution in [1.29, 1.82) is 0 Å². The molecule has 1 aliphatic carbocycles. The largest absolute Gasteiger partial charge is 0.496 e. The summed E-state index contributed by atoms with van der Waals surface area (Å²) < 4.78 is 7.44. The topological polar surface area (TPSA) is 117 Å². The first-order chi connectivity index (χ1) is 18.9. The number of aliphatic carboxylic acids is 1. The quantitative estimate of drug-likeness (QED) is 0.474. The molecular formula is C29H35N5O5. The van der Waals surface area contributed by atoms with Gasteiger partial charge in [-0.15, -0.1) is 0 Å². The molecule has 0 spiro atoms. The highest BCUT2D eigenvalue weighted by atomic mass is 16.5. The molecule has 1 aromatic carbocycles. The molecule has 2 N–H and O–H groups in total. The first-order valence-electron chi connectivity index (χ1n) is 13.6. The third kappa shape index (κ3) is 5.41. The number of pyridine rings is 1. The zero-order chi connectivity index (χ0) is 27.5. The summed E-state index contributed by atoms with van der Waals surface area (Å²) >= 11 is 0. The van der Waals surface area contributed by atoms with Gasteiger partial charge in [0.1, 0.15) is 17.3 Å². The van der Waals surface area contributed by atoms with Crippen LogP contribution in [0, 0.1) is 11.8 Å². The van der Waals surface area contributed by atoms with Crippen molar-refractivity contribution in [2.75, 3.05) is 43.5 Å². The fourth-order valence-electron chi connectivity index (χ4n) is 5.81. The molecule has 2 fully saturated rings. The first-order valence-corrected chi connectivity index (χ1v) is 13.6. The van der Waals surface area contributed by atoms with Crippen LogP contribution in [0.15, 0.2) is 42.6 Å². The number of ether oxygens (including phenoxy) is 1. The van der Waals surface area contributed by atoms with Gasteiger partial charge in [0, 0.05) is 44.0 Å². The maximum absolute atomic E-state index is 13.2. The predicted octanol–water partition coefficient (Wildman–Crippen LogP) is 3.86. The van der Waals surface area contributed by atoms with Crippen LogP contribution in [0.2, 0.25) is 0 Å². The number of carboxylic acid groups (broad SMARTS) is 1. The molecule has 1 saturated carbocycles. The Morgan fingerprint density at radius 1 is 1.03 bits per heavy atom. The van der Waals surface area contributed by atoms with Gasteiger partial charge < -0.3 is 29.5 Å². The van der Waals surface area contributed by atoms with E-state index in [4.69, 9.17) is 4.74 Å². The highest BCUT2D eigenvalue weighted by molar-refractivity contribution is 6.07. The number of aryl methyl sites for hydroxylation is 1. The minimum Gasteiger partial charge on any atom is -0.496 e. The first kappa shape index (κ1) is 26.5. The van der Waals surface area contributed by atoms with Gasteiger partial charge in [0.2, 0.25) is 5.91 Å². The number of carboxylic acids is 1.